The van der Waals surface area contributed by atoms with Gasteiger partial charge in [0.25, 0.3) is 0 Å². The van der Waals surface area contributed by atoms with Gasteiger partial charge in [0, 0.05) is 12.1 Å². The summed E-state index contributed by atoms with van der Waals surface area (Å²) in [5.74, 6) is 0.864. The van der Waals surface area contributed by atoms with Crippen LogP contribution in [0.2, 0.25) is 0 Å². The van der Waals surface area contributed by atoms with Crippen LogP contribution in [0.25, 0.3) is 11.1 Å². The number of aryl methyl sites for hydroxylation is 1. The molecule has 0 fully saturated rings. The summed E-state index contributed by atoms with van der Waals surface area (Å²) in [5, 5.41) is 0. The lowest BCUT2D eigenvalue weighted by Crippen LogP contribution is -2.02. The van der Waals surface area contributed by atoms with Crippen molar-refractivity contribution in [1.29, 1.82) is 0 Å². The lowest BCUT2D eigenvalue weighted by atomic mass is 9.97. The van der Waals surface area contributed by atoms with E-state index in [2.05, 4.69) is 0 Å². The lowest BCUT2D eigenvalue weighted by Gasteiger charge is -2.15. The molecule has 0 aliphatic heterocycles. The van der Waals surface area contributed by atoms with Crippen molar-refractivity contribution in [3.05, 3.63) is 47.3 Å². The minimum absolute atomic E-state index is 0.280. The number of rotatable bonds is 4. The Morgan fingerprint density at radius 1 is 1.00 bits per heavy atom. The largest absolute Gasteiger partial charge is 0.493 e. The minimum atomic E-state index is -0.280. The number of hydrogen-bond acceptors (Lipinski definition) is 3. The van der Waals surface area contributed by atoms with Crippen LogP contribution in [0.1, 0.15) is 11.1 Å². The molecular formula is C16H18FNO2. The first-order chi connectivity index (χ1) is 9.60. The smallest absolute Gasteiger partial charge is 0.161 e. The molecule has 0 radical (unpaired) electrons. The Hall–Kier alpha value is -2.07. The molecule has 0 aromatic heterocycles. The molecule has 2 rings (SSSR count). The zero-order chi connectivity index (χ0) is 14.7. The van der Waals surface area contributed by atoms with E-state index in [9.17, 15) is 4.39 Å². The first-order valence-corrected chi connectivity index (χ1v) is 6.32. The van der Waals surface area contributed by atoms with E-state index in [1.165, 1.54) is 6.07 Å². The average Bonchev–Trinajstić information content (AvgIpc) is 2.48. The Morgan fingerprint density at radius 3 is 2.25 bits per heavy atom. The Bertz CT molecular complexity index is 626. The number of hydrogen-bond donors (Lipinski definition) is 1. The van der Waals surface area contributed by atoms with Crippen LogP contribution >= 0.6 is 0 Å². The van der Waals surface area contributed by atoms with Crippen LogP contribution in [0.3, 0.4) is 0 Å². The quantitative estimate of drug-likeness (QED) is 0.931. The van der Waals surface area contributed by atoms with Gasteiger partial charge in [0.05, 0.1) is 14.2 Å². The Kier molecular flexibility index (Phi) is 4.25. The summed E-state index contributed by atoms with van der Waals surface area (Å²) in [5.41, 5.74) is 8.82. The second kappa shape index (κ2) is 5.92. The predicted octanol–water partition coefficient (Wildman–Crippen LogP) is 3.28. The molecule has 0 aliphatic carbocycles. The number of halogens is 1. The number of methoxy groups -OCH3 is 2. The summed E-state index contributed by atoms with van der Waals surface area (Å²) in [7, 11) is 3.11. The van der Waals surface area contributed by atoms with Crippen molar-refractivity contribution >= 4 is 0 Å². The summed E-state index contributed by atoms with van der Waals surface area (Å²) in [6.45, 7) is 2.22. The molecule has 0 unspecified atom stereocenters. The normalized spacial score (nSPS) is 10.4. The van der Waals surface area contributed by atoms with Gasteiger partial charge in [-0.3, -0.25) is 0 Å². The summed E-state index contributed by atoms with van der Waals surface area (Å²) in [6.07, 6.45) is 0. The second-order valence-electron chi connectivity index (χ2n) is 4.55. The summed E-state index contributed by atoms with van der Waals surface area (Å²) in [4.78, 5) is 0. The standard InChI is InChI=1S/C16H18FNO2/c1-10-4-5-14(17)13(6-10)12-8-16(20-3)15(19-2)7-11(12)9-18/h4-8H,9,18H2,1-3H3. The van der Waals surface area contributed by atoms with Crippen LogP contribution in [0.15, 0.2) is 30.3 Å². The third kappa shape index (κ3) is 2.60. The maximum absolute atomic E-state index is 14.1. The van der Waals surface area contributed by atoms with E-state index >= 15 is 0 Å². The van der Waals surface area contributed by atoms with Gasteiger partial charge in [0.15, 0.2) is 11.5 Å². The molecular weight excluding hydrogens is 257 g/mol. The number of nitrogens with two attached hydrogens (primary N) is 1. The molecule has 106 valence electrons. The molecule has 2 aromatic carbocycles. The molecule has 4 heteroatoms. The molecule has 3 nitrogen and oxygen atoms in total. The van der Waals surface area contributed by atoms with E-state index in [-0.39, 0.29) is 5.82 Å². The third-order valence-corrected chi connectivity index (χ3v) is 3.24. The van der Waals surface area contributed by atoms with Crippen molar-refractivity contribution in [3.63, 3.8) is 0 Å². The monoisotopic (exact) mass is 275 g/mol. The van der Waals surface area contributed by atoms with Crippen molar-refractivity contribution in [2.24, 2.45) is 5.73 Å². The van der Waals surface area contributed by atoms with E-state index in [1.807, 2.05) is 6.92 Å². The Morgan fingerprint density at radius 2 is 1.65 bits per heavy atom. The first-order valence-electron chi connectivity index (χ1n) is 6.32. The third-order valence-electron chi connectivity index (χ3n) is 3.24. The zero-order valence-electron chi connectivity index (χ0n) is 11.9. The number of benzene rings is 2. The zero-order valence-corrected chi connectivity index (χ0v) is 11.9. The van der Waals surface area contributed by atoms with Gasteiger partial charge in [-0.25, -0.2) is 4.39 Å². The van der Waals surface area contributed by atoms with Crippen molar-refractivity contribution in [2.45, 2.75) is 13.5 Å². The van der Waals surface area contributed by atoms with Crippen LogP contribution in [0.4, 0.5) is 4.39 Å². The van der Waals surface area contributed by atoms with Gasteiger partial charge >= 0.3 is 0 Å². The van der Waals surface area contributed by atoms with Gasteiger partial charge in [-0.15, -0.1) is 0 Å². The van der Waals surface area contributed by atoms with E-state index in [1.54, 1.807) is 38.5 Å². The van der Waals surface area contributed by atoms with Crippen molar-refractivity contribution in [3.8, 4) is 22.6 Å². The lowest BCUT2D eigenvalue weighted by molar-refractivity contribution is 0.354. The van der Waals surface area contributed by atoms with Gasteiger partial charge in [0.1, 0.15) is 5.82 Å². The fourth-order valence-corrected chi connectivity index (χ4v) is 2.19. The highest BCUT2D eigenvalue weighted by molar-refractivity contribution is 5.72. The topological polar surface area (TPSA) is 44.5 Å². The summed E-state index contributed by atoms with van der Waals surface area (Å²) in [6, 6.07) is 8.55. The van der Waals surface area contributed by atoms with Crippen LogP contribution in [-0.2, 0) is 6.54 Å². The summed E-state index contributed by atoms with van der Waals surface area (Å²) < 4.78 is 24.6. The van der Waals surface area contributed by atoms with Gasteiger partial charge < -0.3 is 15.2 Å². The SMILES string of the molecule is COc1cc(CN)c(-c2cc(C)ccc2F)cc1OC. The maximum atomic E-state index is 14.1. The van der Waals surface area contributed by atoms with Crippen LogP contribution in [0.5, 0.6) is 11.5 Å². The fourth-order valence-electron chi connectivity index (χ4n) is 2.19. The highest BCUT2D eigenvalue weighted by atomic mass is 19.1. The molecule has 20 heavy (non-hydrogen) atoms. The van der Waals surface area contributed by atoms with E-state index in [0.717, 1.165) is 16.7 Å². The van der Waals surface area contributed by atoms with Gasteiger partial charge in [-0.2, -0.15) is 0 Å². The highest BCUT2D eigenvalue weighted by Crippen LogP contribution is 2.36. The molecule has 0 bridgehead atoms. The predicted molar refractivity (Wildman–Crippen MR) is 77.6 cm³/mol. The van der Waals surface area contributed by atoms with Crippen molar-refractivity contribution in [1.82, 2.24) is 0 Å². The van der Waals surface area contributed by atoms with Crippen molar-refractivity contribution < 1.29 is 13.9 Å². The van der Waals surface area contributed by atoms with Gasteiger partial charge in [0.2, 0.25) is 0 Å². The molecule has 0 aliphatic rings. The first kappa shape index (κ1) is 14.3. The number of ether oxygens (including phenoxy) is 2. The summed E-state index contributed by atoms with van der Waals surface area (Å²) >= 11 is 0. The van der Waals surface area contributed by atoms with E-state index in [0.29, 0.717) is 23.6 Å². The highest BCUT2D eigenvalue weighted by Gasteiger charge is 2.14. The molecule has 0 amide bonds. The second-order valence-corrected chi connectivity index (χ2v) is 4.55. The van der Waals surface area contributed by atoms with E-state index < -0.39 is 0 Å². The van der Waals surface area contributed by atoms with Crippen LogP contribution < -0.4 is 15.2 Å². The maximum Gasteiger partial charge on any atom is 0.161 e. The van der Waals surface area contributed by atoms with E-state index in [4.69, 9.17) is 15.2 Å². The molecule has 0 saturated heterocycles. The minimum Gasteiger partial charge on any atom is -0.493 e. The average molecular weight is 275 g/mol. The molecule has 2 aromatic rings. The van der Waals surface area contributed by atoms with Gasteiger partial charge in [-0.05, 0) is 42.3 Å². The van der Waals surface area contributed by atoms with Crippen molar-refractivity contribution in [2.75, 3.05) is 14.2 Å². The molecule has 0 saturated carbocycles. The molecule has 0 heterocycles. The molecule has 0 atom stereocenters. The van der Waals surface area contributed by atoms with Crippen LogP contribution in [-0.4, -0.2) is 14.2 Å². The Balaban J connectivity index is 2.69. The molecule has 0 spiro atoms. The van der Waals surface area contributed by atoms with Gasteiger partial charge in [-0.1, -0.05) is 11.6 Å². The Labute approximate surface area is 118 Å². The van der Waals surface area contributed by atoms with Crippen LogP contribution in [0, 0.1) is 12.7 Å². The fraction of sp³-hybridized carbons (Fsp3) is 0.250. The molecule has 2 N–H and O–H groups in total.